The van der Waals surface area contributed by atoms with Crippen LogP contribution in [0.3, 0.4) is 0 Å². The number of nitrogens with zero attached hydrogens (tertiary/aromatic N) is 4. The highest BCUT2D eigenvalue weighted by Crippen LogP contribution is 2.33. The number of nitrogens with one attached hydrogen (secondary N) is 2. The van der Waals surface area contributed by atoms with Gasteiger partial charge in [0.2, 0.25) is 5.89 Å². The minimum Gasteiger partial charge on any atom is -0.475 e. The van der Waals surface area contributed by atoms with Gasteiger partial charge in [-0.1, -0.05) is 18.2 Å². The summed E-state index contributed by atoms with van der Waals surface area (Å²) < 4.78 is 103. The first-order valence-corrected chi connectivity index (χ1v) is 15.2. The molecule has 0 saturated carbocycles. The van der Waals surface area contributed by atoms with Crippen molar-refractivity contribution in [2.45, 2.75) is 37.4 Å². The molecule has 0 unspecified atom stereocenters. The fourth-order valence-corrected chi connectivity index (χ4v) is 4.37. The summed E-state index contributed by atoms with van der Waals surface area (Å²) in [5.41, 5.74) is 12.2. The summed E-state index contributed by atoms with van der Waals surface area (Å²) in [6.45, 7) is 2.04. The van der Waals surface area contributed by atoms with E-state index >= 15 is 0 Å². The Bertz CT molecular complexity index is 2000. The number of nitrogens with two attached hydrogens (primary N) is 1. The number of hydrogen-bond acceptors (Lipinski definition) is 10. The second-order valence-electron chi connectivity index (χ2n) is 10.9. The van der Waals surface area contributed by atoms with Crippen molar-refractivity contribution in [3.05, 3.63) is 73.2 Å². The Morgan fingerprint density at radius 2 is 1.33 bits per heavy atom. The molecule has 0 radical (unpaired) electrons. The number of hydrogen-bond donors (Lipinski definition) is 6. The number of rotatable bonds is 5. The summed E-state index contributed by atoms with van der Waals surface area (Å²) in [5.74, 6) is -7.44. The summed E-state index contributed by atoms with van der Waals surface area (Å²) in [6, 6.07) is 18.3. The van der Waals surface area contributed by atoms with Crippen molar-refractivity contribution in [2.75, 3.05) is 24.1 Å². The number of anilines is 3. The molecule has 1 aliphatic rings. The maximum absolute atomic E-state index is 10.6. The molecule has 0 spiro atoms. The van der Waals surface area contributed by atoms with Gasteiger partial charge in [0.1, 0.15) is 11.3 Å². The number of pyridine rings is 1. The number of aliphatic carboxylic acids is 3. The molecule has 7 N–H and O–H groups in total. The van der Waals surface area contributed by atoms with E-state index in [1.54, 1.807) is 6.20 Å². The third-order valence-electron chi connectivity index (χ3n) is 6.94. The quantitative estimate of drug-likeness (QED) is 0.0999. The molecule has 2 aromatic carbocycles. The van der Waals surface area contributed by atoms with Crippen LogP contribution in [0.4, 0.5) is 56.7 Å². The highest BCUT2D eigenvalue weighted by Gasteiger charge is 2.39. The number of alkyl halides is 9. The van der Waals surface area contributed by atoms with Gasteiger partial charge in [-0.2, -0.15) is 44.6 Å². The largest absolute Gasteiger partial charge is 0.490 e. The van der Waals surface area contributed by atoms with Crippen LogP contribution in [0.1, 0.15) is 18.9 Å². The minimum atomic E-state index is -5.08. The van der Waals surface area contributed by atoms with Crippen molar-refractivity contribution in [2.24, 2.45) is 0 Å². The van der Waals surface area contributed by atoms with Crippen LogP contribution in [-0.4, -0.2) is 84.6 Å². The van der Waals surface area contributed by atoms with Crippen molar-refractivity contribution < 1.29 is 73.6 Å². The number of aromatic nitrogens is 4. The molecule has 1 aliphatic heterocycles. The molecule has 23 heteroatoms. The molecule has 5 aromatic rings. The van der Waals surface area contributed by atoms with Crippen molar-refractivity contribution >= 4 is 46.2 Å². The second-order valence-corrected chi connectivity index (χ2v) is 10.9. The summed E-state index contributed by atoms with van der Waals surface area (Å²) in [5, 5.41) is 32.8. The predicted molar refractivity (Wildman–Crippen MR) is 175 cm³/mol. The molecule has 0 atom stereocenters. The lowest BCUT2D eigenvalue weighted by atomic mass is 10.1. The molecule has 296 valence electrons. The zero-order valence-electron chi connectivity index (χ0n) is 27.6. The zero-order valence-corrected chi connectivity index (χ0v) is 27.6. The maximum atomic E-state index is 10.6. The number of carbonyl (C=O) groups is 3. The number of benzene rings is 2. The lowest BCUT2D eigenvalue weighted by molar-refractivity contribution is -0.193. The third kappa shape index (κ3) is 13.2. The molecule has 3 aromatic heterocycles. The van der Waals surface area contributed by atoms with E-state index in [-0.39, 0.29) is 0 Å². The molecule has 1 saturated heterocycles. The summed E-state index contributed by atoms with van der Waals surface area (Å²) in [7, 11) is 0. The van der Waals surface area contributed by atoms with E-state index in [4.69, 9.17) is 39.9 Å². The Hall–Kier alpha value is -6.39. The van der Waals surface area contributed by atoms with Crippen LogP contribution >= 0.6 is 0 Å². The van der Waals surface area contributed by atoms with Gasteiger partial charge >= 0.3 is 36.4 Å². The molecule has 55 heavy (non-hydrogen) atoms. The molecule has 0 bridgehead atoms. The van der Waals surface area contributed by atoms with Crippen molar-refractivity contribution in [1.29, 1.82) is 0 Å². The molecule has 4 heterocycles. The van der Waals surface area contributed by atoms with Gasteiger partial charge in [0.15, 0.2) is 5.58 Å². The molecule has 0 amide bonds. The van der Waals surface area contributed by atoms with E-state index in [0.29, 0.717) is 28.9 Å². The Kier molecular flexibility index (Phi) is 14.2. The van der Waals surface area contributed by atoms with Crippen LogP contribution in [0, 0.1) is 0 Å². The number of piperidine rings is 1. The second kappa shape index (κ2) is 18.1. The van der Waals surface area contributed by atoms with Crippen molar-refractivity contribution in [3.8, 4) is 22.6 Å². The van der Waals surface area contributed by atoms with Crippen LogP contribution in [0.2, 0.25) is 0 Å². The number of oxazole rings is 1. The average molecular weight is 794 g/mol. The first kappa shape index (κ1) is 43.0. The van der Waals surface area contributed by atoms with Crippen molar-refractivity contribution in [1.82, 2.24) is 25.1 Å². The smallest absolute Gasteiger partial charge is 0.475 e. The summed E-state index contributed by atoms with van der Waals surface area (Å²) in [6.07, 6.45) is -7.35. The number of carboxylic acids is 3. The number of fused-ring (bicyclic) bond motifs is 1. The van der Waals surface area contributed by atoms with Gasteiger partial charge in [-0.3, -0.25) is 4.68 Å². The zero-order chi connectivity index (χ0) is 41.1. The maximum Gasteiger partial charge on any atom is 0.490 e. The standard InChI is InChI=1S/C26H25N7O.3C2HF3O2/c27-25-22(12-17(14-29-25)18-15-30-33(16-18)21-8-10-28-11-9-21)26-32-23-7-6-20(13-24(23)34-26)31-19-4-2-1-3-5-19;3*3-2(4,5)1(6)7/h1-7,12-16,21,28,31H,8-11H2,(H2,27,29);3*(H,6,7). The van der Waals surface area contributed by atoms with Gasteiger partial charge in [-0.15, -0.1) is 0 Å². The van der Waals surface area contributed by atoms with E-state index in [9.17, 15) is 39.5 Å². The number of halogens is 9. The van der Waals surface area contributed by atoms with Gasteiger partial charge in [0.25, 0.3) is 0 Å². The molecule has 6 rings (SSSR count). The number of para-hydroxylation sites is 1. The van der Waals surface area contributed by atoms with Crippen LogP contribution in [0.25, 0.3) is 33.7 Å². The first-order chi connectivity index (χ1) is 25.6. The average Bonchev–Trinajstić information content (AvgIpc) is 3.77. The minimum absolute atomic E-state index is 0.378. The summed E-state index contributed by atoms with van der Waals surface area (Å²) >= 11 is 0. The number of carboxylic acid groups (broad SMARTS) is 3. The monoisotopic (exact) mass is 793 g/mol. The SMILES string of the molecule is Nc1ncc(-c2cnn(C3CCNCC3)c2)cc1-c1nc2ccc(Nc3ccccc3)cc2o1.O=C(O)C(F)(F)F.O=C(O)C(F)(F)F.O=C(O)C(F)(F)F. The fourth-order valence-electron chi connectivity index (χ4n) is 4.37. The van der Waals surface area contributed by atoms with E-state index in [1.807, 2.05) is 60.8 Å². The first-order valence-electron chi connectivity index (χ1n) is 15.2. The van der Waals surface area contributed by atoms with Crippen LogP contribution < -0.4 is 16.4 Å². The van der Waals surface area contributed by atoms with Gasteiger partial charge in [0.05, 0.1) is 17.8 Å². The molecule has 14 nitrogen and oxygen atoms in total. The topological polar surface area (TPSA) is 219 Å². The highest BCUT2D eigenvalue weighted by atomic mass is 19.4. The lowest BCUT2D eigenvalue weighted by Gasteiger charge is -2.22. The van der Waals surface area contributed by atoms with Crippen LogP contribution in [0.15, 0.2) is 77.6 Å². The normalized spacial score (nSPS) is 13.3. The molecule has 1 fully saturated rings. The Balaban J connectivity index is 0.000000318. The third-order valence-corrected chi connectivity index (χ3v) is 6.94. The highest BCUT2D eigenvalue weighted by molar-refractivity contribution is 5.83. The van der Waals surface area contributed by atoms with Crippen LogP contribution in [0.5, 0.6) is 0 Å². The molecular weight excluding hydrogens is 765 g/mol. The van der Waals surface area contributed by atoms with Crippen LogP contribution in [-0.2, 0) is 14.4 Å². The van der Waals surface area contributed by atoms with E-state index < -0.39 is 36.4 Å². The summed E-state index contributed by atoms with van der Waals surface area (Å²) in [4.78, 5) is 35.8. The van der Waals surface area contributed by atoms with Crippen molar-refractivity contribution in [3.63, 3.8) is 0 Å². The molecule has 0 aliphatic carbocycles. The Morgan fingerprint density at radius 1 is 0.782 bits per heavy atom. The Morgan fingerprint density at radius 3 is 1.85 bits per heavy atom. The van der Waals surface area contributed by atoms with E-state index in [1.165, 1.54) is 0 Å². The van der Waals surface area contributed by atoms with E-state index in [2.05, 4.69) is 36.6 Å². The van der Waals surface area contributed by atoms with Gasteiger partial charge in [0, 0.05) is 41.0 Å². The van der Waals surface area contributed by atoms with E-state index in [0.717, 1.165) is 53.9 Å². The van der Waals surface area contributed by atoms with Gasteiger partial charge in [-0.25, -0.2) is 24.4 Å². The van der Waals surface area contributed by atoms with Gasteiger partial charge < -0.3 is 36.1 Å². The number of nitrogen functional groups attached to an aromatic ring is 1. The molecular formula is C32H28F9N7O7. The lowest BCUT2D eigenvalue weighted by Crippen LogP contribution is -2.29. The predicted octanol–water partition coefficient (Wildman–Crippen LogP) is 6.90. The van der Waals surface area contributed by atoms with Gasteiger partial charge in [-0.05, 0) is 56.3 Å². The fraction of sp³-hybridized carbons (Fsp3) is 0.250. The Labute approximate surface area is 302 Å².